The lowest BCUT2D eigenvalue weighted by atomic mass is 9.90. The molecule has 0 bridgehead atoms. The first kappa shape index (κ1) is 27.8. The van der Waals surface area contributed by atoms with Gasteiger partial charge in [0.05, 0.1) is 17.6 Å². The monoisotopic (exact) mass is 540 g/mol. The Balaban J connectivity index is 1.35. The van der Waals surface area contributed by atoms with Crippen LogP contribution in [0.5, 0.6) is 0 Å². The number of nitrogens with one attached hydrogen (secondary N) is 4. The van der Waals surface area contributed by atoms with E-state index in [-0.39, 0.29) is 17.7 Å². The van der Waals surface area contributed by atoms with Crippen LogP contribution in [0.25, 0.3) is 16.7 Å². The fourth-order valence-corrected chi connectivity index (χ4v) is 5.55. The van der Waals surface area contributed by atoms with Crippen molar-refractivity contribution >= 4 is 35.0 Å². The van der Waals surface area contributed by atoms with Gasteiger partial charge in [-0.15, -0.1) is 0 Å². The number of anilines is 2. The predicted octanol–water partition coefficient (Wildman–Crippen LogP) is 5.46. The number of carbonyl (C=O) groups is 2. The normalized spacial score (nSPS) is 18.1. The van der Waals surface area contributed by atoms with Crippen LogP contribution in [0.4, 0.5) is 11.4 Å². The van der Waals surface area contributed by atoms with Gasteiger partial charge in [0, 0.05) is 53.8 Å². The van der Waals surface area contributed by atoms with E-state index in [1.54, 1.807) is 12.4 Å². The Morgan fingerprint density at radius 1 is 1.18 bits per heavy atom. The number of fused-ring (bicyclic) bond motifs is 1. The van der Waals surface area contributed by atoms with Crippen molar-refractivity contribution in [2.45, 2.75) is 52.4 Å². The molecule has 1 aromatic heterocycles. The number of amides is 2. The van der Waals surface area contributed by atoms with Gasteiger partial charge >= 0.3 is 0 Å². The molecule has 1 aliphatic carbocycles. The smallest absolute Gasteiger partial charge is 0.256 e. The largest absolute Gasteiger partial charge is 0.381 e. The number of hydrogen-bond donors (Lipinski definition) is 4. The van der Waals surface area contributed by atoms with Crippen molar-refractivity contribution < 1.29 is 9.59 Å². The number of aromatic nitrogens is 1. The fourth-order valence-electron chi connectivity index (χ4n) is 5.55. The number of allylic oxidation sites excluding steroid dienone is 2. The number of carbonyl (C=O) groups excluding carboxylic acids is 2. The van der Waals surface area contributed by atoms with E-state index < -0.39 is 0 Å². The van der Waals surface area contributed by atoms with Crippen molar-refractivity contribution in [2.24, 2.45) is 11.8 Å². The highest BCUT2D eigenvalue weighted by Gasteiger charge is 2.30. The molecule has 1 atom stereocenters. The molecule has 2 aliphatic heterocycles. The van der Waals surface area contributed by atoms with E-state index in [2.05, 4.69) is 39.7 Å². The Morgan fingerprint density at radius 3 is 2.70 bits per heavy atom. The third-order valence-electron chi connectivity index (χ3n) is 8.00. The summed E-state index contributed by atoms with van der Waals surface area (Å²) in [6.45, 7) is 8.27. The molecule has 3 aliphatic rings. The molecule has 2 aromatic rings. The molecule has 2 amide bonds. The average molecular weight is 541 g/mol. The molecule has 8 heteroatoms. The van der Waals surface area contributed by atoms with Crippen LogP contribution in [0.3, 0.4) is 0 Å². The minimum absolute atomic E-state index is 0.0450. The van der Waals surface area contributed by atoms with Crippen LogP contribution in [0.2, 0.25) is 0 Å². The van der Waals surface area contributed by atoms with Crippen LogP contribution in [0, 0.1) is 17.2 Å². The van der Waals surface area contributed by atoms with Gasteiger partial charge in [0.2, 0.25) is 5.91 Å². The summed E-state index contributed by atoms with van der Waals surface area (Å²) in [6.07, 6.45) is 12.6. The van der Waals surface area contributed by atoms with Gasteiger partial charge in [-0.1, -0.05) is 26.0 Å². The van der Waals surface area contributed by atoms with E-state index in [1.807, 2.05) is 30.3 Å². The van der Waals surface area contributed by atoms with Gasteiger partial charge in [0.25, 0.3) is 5.91 Å². The summed E-state index contributed by atoms with van der Waals surface area (Å²) >= 11 is 0. The summed E-state index contributed by atoms with van der Waals surface area (Å²) in [5.41, 5.74) is 6.39. The SMILES string of the molecule is CCC1=C(C(=O)N/C(C=N)=C/CC(C)CN2CCCC2)c2cc(-c3cncc(NC(=O)C4CC4)c3)ccc2NC1. The molecule has 1 saturated carbocycles. The lowest BCUT2D eigenvalue weighted by molar-refractivity contribution is -0.117. The Bertz CT molecular complexity index is 1340. The third kappa shape index (κ3) is 6.67. The second kappa shape index (κ2) is 12.6. The zero-order chi connectivity index (χ0) is 28.1. The maximum atomic E-state index is 13.7. The Labute approximate surface area is 236 Å². The van der Waals surface area contributed by atoms with Crippen LogP contribution < -0.4 is 16.0 Å². The van der Waals surface area contributed by atoms with Crippen molar-refractivity contribution in [1.29, 1.82) is 5.41 Å². The van der Waals surface area contributed by atoms with Crippen molar-refractivity contribution in [3.63, 3.8) is 0 Å². The molecule has 1 saturated heterocycles. The van der Waals surface area contributed by atoms with E-state index in [9.17, 15) is 9.59 Å². The first-order valence-electron chi connectivity index (χ1n) is 14.6. The lowest BCUT2D eigenvalue weighted by Crippen LogP contribution is -2.29. The molecule has 4 N–H and O–H groups in total. The molecular weight excluding hydrogens is 500 g/mol. The molecule has 1 unspecified atom stereocenters. The van der Waals surface area contributed by atoms with Crippen LogP contribution in [-0.4, -0.2) is 54.1 Å². The summed E-state index contributed by atoms with van der Waals surface area (Å²) in [7, 11) is 0. The minimum atomic E-state index is -0.192. The predicted molar refractivity (Wildman–Crippen MR) is 161 cm³/mol. The van der Waals surface area contributed by atoms with Crippen molar-refractivity contribution in [2.75, 3.05) is 36.8 Å². The Morgan fingerprint density at radius 2 is 1.98 bits per heavy atom. The van der Waals surface area contributed by atoms with Gasteiger partial charge in [0.1, 0.15) is 0 Å². The van der Waals surface area contributed by atoms with Crippen molar-refractivity contribution in [3.05, 3.63) is 59.6 Å². The standard InChI is InChI=1S/C32H40N6O2/c1-3-22-18-35-29-11-9-24(25-14-27(19-34-17-25)37-31(39)23-7-8-23)15-28(29)30(22)32(40)36-26(16-33)10-6-21(2)20-38-12-4-5-13-38/h9-11,14-17,19,21,23,33,35H,3-8,12-13,18,20H2,1-2H3,(H,36,40)(H,37,39)/b26-10+,33-16?. The summed E-state index contributed by atoms with van der Waals surface area (Å²) in [4.78, 5) is 32.8. The summed E-state index contributed by atoms with van der Waals surface area (Å²) in [5, 5.41) is 17.4. The van der Waals surface area contributed by atoms with Crippen LogP contribution >= 0.6 is 0 Å². The zero-order valence-electron chi connectivity index (χ0n) is 23.6. The summed E-state index contributed by atoms with van der Waals surface area (Å²) in [6, 6.07) is 7.94. The van der Waals surface area contributed by atoms with Crippen molar-refractivity contribution in [1.82, 2.24) is 15.2 Å². The van der Waals surface area contributed by atoms with E-state index in [0.717, 1.165) is 60.2 Å². The highest BCUT2D eigenvalue weighted by molar-refractivity contribution is 6.24. The van der Waals surface area contributed by atoms with Gasteiger partial charge in [-0.3, -0.25) is 14.6 Å². The molecular formula is C32H40N6O2. The number of benzene rings is 1. The van der Waals surface area contributed by atoms with E-state index >= 15 is 0 Å². The molecule has 40 heavy (non-hydrogen) atoms. The number of likely N-dealkylation sites (tertiary alicyclic amines) is 1. The fraction of sp³-hybridized carbons (Fsp3) is 0.438. The Hall–Kier alpha value is -3.78. The van der Waals surface area contributed by atoms with Gasteiger partial charge in [-0.25, -0.2) is 0 Å². The van der Waals surface area contributed by atoms with Crippen molar-refractivity contribution in [3.8, 4) is 11.1 Å². The summed E-state index contributed by atoms with van der Waals surface area (Å²) in [5.74, 6) is 0.423. The highest BCUT2D eigenvalue weighted by atomic mass is 16.2. The first-order chi connectivity index (χ1) is 19.4. The highest BCUT2D eigenvalue weighted by Crippen LogP contribution is 2.36. The lowest BCUT2D eigenvalue weighted by Gasteiger charge is -2.25. The van der Waals surface area contributed by atoms with Gasteiger partial charge in [-0.2, -0.15) is 0 Å². The molecule has 8 nitrogen and oxygen atoms in total. The minimum Gasteiger partial charge on any atom is -0.381 e. The Kier molecular flexibility index (Phi) is 8.75. The van der Waals surface area contributed by atoms with E-state index in [0.29, 0.717) is 29.4 Å². The number of rotatable bonds is 11. The quantitative estimate of drug-likeness (QED) is 0.283. The molecule has 3 heterocycles. The second-order valence-electron chi connectivity index (χ2n) is 11.3. The maximum Gasteiger partial charge on any atom is 0.256 e. The first-order valence-corrected chi connectivity index (χ1v) is 14.6. The molecule has 2 fully saturated rings. The average Bonchev–Trinajstić information content (AvgIpc) is 3.71. The summed E-state index contributed by atoms with van der Waals surface area (Å²) < 4.78 is 0. The molecule has 1 aromatic carbocycles. The molecule has 0 radical (unpaired) electrons. The maximum absolute atomic E-state index is 13.7. The topological polar surface area (TPSA) is 110 Å². The molecule has 210 valence electrons. The van der Waals surface area contributed by atoms with Crippen LogP contribution in [-0.2, 0) is 9.59 Å². The number of pyridine rings is 1. The number of nitrogens with zero attached hydrogens (tertiary/aromatic N) is 2. The van der Waals surface area contributed by atoms with E-state index in [1.165, 1.54) is 32.1 Å². The molecule has 0 spiro atoms. The van der Waals surface area contributed by atoms with Gasteiger partial charge in [-0.05, 0) is 86.9 Å². The van der Waals surface area contributed by atoms with Gasteiger partial charge in [0.15, 0.2) is 0 Å². The molecule has 5 rings (SSSR count). The van der Waals surface area contributed by atoms with Crippen LogP contribution in [0.15, 0.2) is 54.0 Å². The number of hydrogen-bond acceptors (Lipinski definition) is 6. The van der Waals surface area contributed by atoms with Crippen LogP contribution in [0.1, 0.15) is 57.9 Å². The second-order valence-corrected chi connectivity index (χ2v) is 11.3. The van der Waals surface area contributed by atoms with Gasteiger partial charge < -0.3 is 26.3 Å². The zero-order valence-corrected chi connectivity index (χ0v) is 23.6. The third-order valence-corrected chi connectivity index (χ3v) is 8.00. The van der Waals surface area contributed by atoms with E-state index in [4.69, 9.17) is 5.41 Å².